The maximum absolute atomic E-state index is 13.0. The summed E-state index contributed by atoms with van der Waals surface area (Å²) in [6, 6.07) is 9.61. The van der Waals surface area contributed by atoms with E-state index in [1.807, 2.05) is 12.1 Å². The fourth-order valence-electron chi connectivity index (χ4n) is 1.97. The topological polar surface area (TPSA) is 54.5 Å². The van der Waals surface area contributed by atoms with Crippen LogP contribution in [0.15, 0.2) is 48.8 Å². The number of urea groups is 1. The van der Waals surface area contributed by atoms with Crippen LogP contribution in [0, 0.1) is 5.82 Å². The van der Waals surface area contributed by atoms with Gasteiger partial charge in [0.1, 0.15) is 18.2 Å². The van der Waals surface area contributed by atoms with Crippen LogP contribution in [-0.2, 0) is 6.42 Å². The maximum atomic E-state index is 13.0. The average molecular weight is 317 g/mol. The summed E-state index contributed by atoms with van der Waals surface area (Å²) < 4.78 is 18.3. The lowest BCUT2D eigenvalue weighted by molar-refractivity contribution is 0.206. The first kappa shape index (κ1) is 16.7. The van der Waals surface area contributed by atoms with Crippen LogP contribution in [-0.4, -0.2) is 42.7 Å². The Labute approximate surface area is 135 Å². The van der Waals surface area contributed by atoms with E-state index in [-0.39, 0.29) is 18.5 Å². The number of rotatable bonds is 7. The number of aromatic nitrogens is 1. The molecule has 2 aromatic rings. The molecule has 23 heavy (non-hydrogen) atoms. The highest BCUT2D eigenvalue weighted by Crippen LogP contribution is 2.11. The van der Waals surface area contributed by atoms with Crippen molar-refractivity contribution in [3.63, 3.8) is 0 Å². The molecule has 122 valence electrons. The van der Waals surface area contributed by atoms with Gasteiger partial charge in [-0.3, -0.25) is 4.98 Å². The van der Waals surface area contributed by atoms with Gasteiger partial charge in [-0.15, -0.1) is 0 Å². The van der Waals surface area contributed by atoms with Crippen LogP contribution in [0.1, 0.15) is 5.56 Å². The van der Waals surface area contributed by atoms with Gasteiger partial charge in [0, 0.05) is 32.1 Å². The van der Waals surface area contributed by atoms with Crippen LogP contribution in [0.5, 0.6) is 5.75 Å². The first-order chi connectivity index (χ1) is 11.1. The highest BCUT2D eigenvalue weighted by Gasteiger charge is 2.07. The molecule has 1 aromatic heterocycles. The lowest BCUT2D eigenvalue weighted by Gasteiger charge is -2.18. The van der Waals surface area contributed by atoms with Gasteiger partial charge in [0.25, 0.3) is 0 Å². The van der Waals surface area contributed by atoms with Gasteiger partial charge in [-0.25, -0.2) is 9.18 Å². The van der Waals surface area contributed by atoms with Crippen molar-refractivity contribution < 1.29 is 13.9 Å². The molecule has 0 saturated carbocycles. The van der Waals surface area contributed by atoms with Gasteiger partial charge in [0.2, 0.25) is 0 Å². The van der Waals surface area contributed by atoms with Crippen LogP contribution >= 0.6 is 0 Å². The fourth-order valence-corrected chi connectivity index (χ4v) is 1.97. The van der Waals surface area contributed by atoms with Crippen molar-refractivity contribution in [1.29, 1.82) is 0 Å². The molecule has 5 nitrogen and oxygen atoms in total. The monoisotopic (exact) mass is 317 g/mol. The number of nitrogens with zero attached hydrogens (tertiary/aromatic N) is 2. The van der Waals surface area contributed by atoms with Crippen LogP contribution in [0.25, 0.3) is 0 Å². The molecule has 0 spiro atoms. The van der Waals surface area contributed by atoms with Crippen molar-refractivity contribution in [1.82, 2.24) is 15.2 Å². The Morgan fingerprint density at radius 2 is 2.09 bits per heavy atom. The summed E-state index contributed by atoms with van der Waals surface area (Å²) in [6.45, 7) is 1.25. The number of carbonyl (C=O) groups is 1. The SMILES string of the molecule is CN(CCc1ccncc1)C(=O)NCCOc1cccc(F)c1. The van der Waals surface area contributed by atoms with E-state index in [1.54, 1.807) is 36.5 Å². The predicted molar refractivity (Wildman–Crippen MR) is 85.9 cm³/mol. The molecule has 1 heterocycles. The molecule has 0 aliphatic rings. The minimum atomic E-state index is -0.345. The van der Waals surface area contributed by atoms with Crippen LogP contribution in [0.3, 0.4) is 0 Å². The van der Waals surface area contributed by atoms with E-state index in [1.165, 1.54) is 12.1 Å². The summed E-state index contributed by atoms with van der Waals surface area (Å²) in [4.78, 5) is 17.5. The van der Waals surface area contributed by atoms with Gasteiger partial charge < -0.3 is 15.0 Å². The van der Waals surface area contributed by atoms with Crippen LogP contribution in [0.2, 0.25) is 0 Å². The zero-order valence-corrected chi connectivity index (χ0v) is 13.0. The van der Waals surface area contributed by atoms with Crippen LogP contribution in [0.4, 0.5) is 9.18 Å². The van der Waals surface area contributed by atoms with Crippen molar-refractivity contribution in [2.75, 3.05) is 26.7 Å². The second kappa shape index (κ2) is 8.73. The second-order valence-corrected chi connectivity index (χ2v) is 5.06. The molecule has 0 aliphatic heterocycles. The lowest BCUT2D eigenvalue weighted by atomic mass is 10.2. The number of benzene rings is 1. The Morgan fingerprint density at radius 3 is 2.83 bits per heavy atom. The molecule has 0 atom stereocenters. The number of carbonyl (C=O) groups excluding carboxylic acids is 1. The first-order valence-electron chi connectivity index (χ1n) is 7.41. The summed E-state index contributed by atoms with van der Waals surface area (Å²) in [5.41, 5.74) is 1.13. The predicted octanol–water partition coefficient (Wildman–Crippen LogP) is 2.48. The number of hydrogen-bond donors (Lipinski definition) is 1. The third-order valence-corrected chi connectivity index (χ3v) is 3.28. The highest BCUT2D eigenvalue weighted by molar-refractivity contribution is 5.73. The molecule has 0 unspecified atom stereocenters. The fraction of sp³-hybridized carbons (Fsp3) is 0.294. The van der Waals surface area contributed by atoms with E-state index in [2.05, 4.69) is 10.3 Å². The molecule has 0 aliphatic carbocycles. The summed E-state index contributed by atoms with van der Waals surface area (Å²) >= 11 is 0. The molecule has 0 fully saturated rings. The number of nitrogens with one attached hydrogen (secondary N) is 1. The van der Waals surface area contributed by atoms with Gasteiger partial charge in [-0.05, 0) is 36.2 Å². The van der Waals surface area contributed by atoms with Gasteiger partial charge in [0.15, 0.2) is 0 Å². The molecular formula is C17H20FN3O2. The minimum Gasteiger partial charge on any atom is -0.492 e. The van der Waals surface area contributed by atoms with Gasteiger partial charge in [0.05, 0.1) is 6.54 Å². The minimum absolute atomic E-state index is 0.165. The van der Waals surface area contributed by atoms with Crippen LogP contribution < -0.4 is 10.1 Å². The zero-order chi connectivity index (χ0) is 16.5. The Bertz CT molecular complexity index is 622. The van der Waals surface area contributed by atoms with E-state index in [9.17, 15) is 9.18 Å². The molecule has 2 amide bonds. The number of halogens is 1. The van der Waals surface area contributed by atoms with Crippen molar-refractivity contribution in [2.24, 2.45) is 0 Å². The first-order valence-corrected chi connectivity index (χ1v) is 7.41. The Hall–Kier alpha value is -2.63. The van der Waals surface area contributed by atoms with Crippen molar-refractivity contribution in [3.8, 4) is 5.75 Å². The Kier molecular flexibility index (Phi) is 6.35. The number of ether oxygens (including phenoxy) is 1. The molecule has 0 radical (unpaired) electrons. The van der Waals surface area contributed by atoms with Gasteiger partial charge >= 0.3 is 6.03 Å². The Morgan fingerprint density at radius 1 is 1.30 bits per heavy atom. The molecule has 2 rings (SSSR count). The zero-order valence-electron chi connectivity index (χ0n) is 13.0. The Balaban J connectivity index is 1.64. The molecule has 1 aromatic carbocycles. The van der Waals surface area contributed by atoms with Gasteiger partial charge in [-0.2, -0.15) is 0 Å². The number of hydrogen-bond acceptors (Lipinski definition) is 3. The maximum Gasteiger partial charge on any atom is 0.317 e. The highest BCUT2D eigenvalue weighted by atomic mass is 19.1. The van der Waals surface area contributed by atoms with Crippen molar-refractivity contribution in [3.05, 3.63) is 60.2 Å². The molecule has 6 heteroatoms. The van der Waals surface area contributed by atoms with Crippen molar-refractivity contribution >= 4 is 6.03 Å². The smallest absolute Gasteiger partial charge is 0.317 e. The van der Waals surface area contributed by atoms with E-state index in [0.717, 1.165) is 12.0 Å². The molecule has 1 N–H and O–H groups in total. The standard InChI is InChI=1S/C17H20FN3O2/c1-21(11-7-14-5-8-19-9-6-14)17(22)20-10-12-23-16-4-2-3-15(18)13-16/h2-6,8-9,13H,7,10-12H2,1H3,(H,20,22). The van der Waals surface area contributed by atoms with E-state index >= 15 is 0 Å². The molecule has 0 saturated heterocycles. The third kappa shape index (κ3) is 5.94. The van der Waals surface area contributed by atoms with E-state index < -0.39 is 0 Å². The number of pyridine rings is 1. The normalized spacial score (nSPS) is 10.2. The lowest BCUT2D eigenvalue weighted by Crippen LogP contribution is -2.40. The van der Waals surface area contributed by atoms with Gasteiger partial charge in [-0.1, -0.05) is 6.07 Å². The number of likely N-dealkylation sites (N-methyl/N-ethyl adjacent to an activating group) is 1. The summed E-state index contributed by atoms with van der Waals surface area (Å²) in [5.74, 6) is 0.104. The van der Waals surface area contributed by atoms with E-state index in [0.29, 0.717) is 18.8 Å². The van der Waals surface area contributed by atoms with Crippen molar-refractivity contribution in [2.45, 2.75) is 6.42 Å². The average Bonchev–Trinajstić information content (AvgIpc) is 2.57. The quantitative estimate of drug-likeness (QED) is 0.798. The summed E-state index contributed by atoms with van der Waals surface area (Å²) in [5, 5.41) is 2.76. The largest absolute Gasteiger partial charge is 0.492 e. The summed E-state index contributed by atoms with van der Waals surface area (Å²) in [7, 11) is 1.74. The van der Waals surface area contributed by atoms with E-state index in [4.69, 9.17) is 4.74 Å². The third-order valence-electron chi connectivity index (χ3n) is 3.28. The molecule has 0 bridgehead atoms. The summed E-state index contributed by atoms with van der Waals surface area (Å²) in [6.07, 6.45) is 4.24. The number of amides is 2. The second-order valence-electron chi connectivity index (χ2n) is 5.06. The molecular weight excluding hydrogens is 297 g/mol.